The first kappa shape index (κ1) is 14.1. The lowest BCUT2D eigenvalue weighted by molar-refractivity contribution is -0.120. The summed E-state index contributed by atoms with van der Waals surface area (Å²) in [5.41, 5.74) is 1.34. The van der Waals surface area contributed by atoms with E-state index in [2.05, 4.69) is 15.7 Å². The lowest BCUT2D eigenvalue weighted by atomic mass is 10.2. The van der Waals surface area contributed by atoms with E-state index in [1.165, 1.54) is 11.8 Å². The fourth-order valence-electron chi connectivity index (χ4n) is 2.57. The van der Waals surface area contributed by atoms with Crippen LogP contribution in [0.4, 0.5) is 16.3 Å². The highest BCUT2D eigenvalue weighted by atomic mass is 16.2. The number of nitrogens with one attached hydrogen (secondary N) is 2. The van der Waals surface area contributed by atoms with Gasteiger partial charge in [0, 0.05) is 32.3 Å². The molecule has 2 N–H and O–H groups in total. The van der Waals surface area contributed by atoms with Crippen molar-refractivity contribution in [3.05, 3.63) is 18.2 Å². The van der Waals surface area contributed by atoms with Crippen molar-refractivity contribution in [3.63, 3.8) is 0 Å². The highest BCUT2D eigenvalue weighted by Crippen LogP contribution is 2.31. The van der Waals surface area contributed by atoms with Crippen LogP contribution in [0.5, 0.6) is 0 Å². The fraction of sp³-hybridized carbons (Fsp3) is 0.286. The van der Waals surface area contributed by atoms with E-state index in [1.807, 2.05) is 6.07 Å². The molecule has 0 radical (unpaired) electrons. The number of benzene rings is 1. The highest BCUT2D eigenvalue weighted by Gasteiger charge is 2.28. The zero-order valence-corrected chi connectivity index (χ0v) is 12.2. The van der Waals surface area contributed by atoms with E-state index >= 15 is 0 Å². The van der Waals surface area contributed by atoms with Gasteiger partial charge in [-0.05, 0) is 12.1 Å². The fourth-order valence-corrected chi connectivity index (χ4v) is 2.57. The topological polar surface area (TPSA) is 96.3 Å². The summed E-state index contributed by atoms with van der Waals surface area (Å²) in [6.07, 6.45) is 0.231. The zero-order chi connectivity index (χ0) is 15.9. The van der Waals surface area contributed by atoms with Crippen LogP contribution in [0.1, 0.15) is 13.3 Å². The molecule has 1 aliphatic heterocycles. The van der Waals surface area contributed by atoms with Crippen molar-refractivity contribution in [1.29, 1.82) is 0 Å². The van der Waals surface area contributed by atoms with Crippen molar-refractivity contribution in [3.8, 4) is 0 Å². The Balaban J connectivity index is 2.10. The number of imide groups is 1. The lowest BCUT2D eigenvalue weighted by Gasteiger charge is -2.24. The molecule has 4 amide bonds. The Bertz CT molecular complexity index is 795. The van der Waals surface area contributed by atoms with Crippen LogP contribution in [-0.2, 0) is 16.6 Å². The Labute approximate surface area is 126 Å². The maximum atomic E-state index is 12.0. The van der Waals surface area contributed by atoms with Crippen LogP contribution in [0, 0.1) is 0 Å². The van der Waals surface area contributed by atoms with E-state index in [0.717, 1.165) is 10.9 Å². The molecule has 1 aliphatic rings. The SMILES string of the molecule is CC(=O)Nc1cccc2c(N3CCC(=O)NC3=O)nn(C)c12. The predicted octanol–water partition coefficient (Wildman–Crippen LogP) is 0.978. The smallest absolute Gasteiger partial charge is 0.324 e. The molecule has 0 bridgehead atoms. The van der Waals surface area contributed by atoms with E-state index in [9.17, 15) is 14.4 Å². The Hall–Kier alpha value is -2.90. The van der Waals surface area contributed by atoms with Crippen molar-refractivity contribution in [2.24, 2.45) is 7.05 Å². The Morgan fingerprint density at radius 1 is 1.36 bits per heavy atom. The maximum Gasteiger partial charge on any atom is 0.329 e. The van der Waals surface area contributed by atoms with Gasteiger partial charge in [-0.25, -0.2) is 4.79 Å². The van der Waals surface area contributed by atoms with Crippen LogP contribution >= 0.6 is 0 Å². The number of rotatable bonds is 2. The molecule has 0 spiro atoms. The number of amides is 4. The van der Waals surface area contributed by atoms with E-state index in [1.54, 1.807) is 23.9 Å². The first-order chi connectivity index (χ1) is 10.5. The van der Waals surface area contributed by atoms with E-state index in [0.29, 0.717) is 11.5 Å². The maximum absolute atomic E-state index is 12.0. The molecule has 1 fully saturated rings. The Morgan fingerprint density at radius 3 is 2.82 bits per heavy atom. The second-order valence-corrected chi connectivity index (χ2v) is 5.09. The predicted molar refractivity (Wildman–Crippen MR) is 80.5 cm³/mol. The molecule has 8 heteroatoms. The summed E-state index contributed by atoms with van der Waals surface area (Å²) in [5, 5.41) is 10.1. The second-order valence-electron chi connectivity index (χ2n) is 5.09. The normalized spacial score (nSPS) is 15.1. The van der Waals surface area contributed by atoms with Gasteiger partial charge in [0.2, 0.25) is 11.8 Å². The molecule has 1 saturated heterocycles. The van der Waals surface area contributed by atoms with Gasteiger partial charge in [0.1, 0.15) is 0 Å². The van der Waals surface area contributed by atoms with Crippen LogP contribution in [0.3, 0.4) is 0 Å². The molecular formula is C14H15N5O3. The van der Waals surface area contributed by atoms with Gasteiger partial charge in [0.25, 0.3) is 0 Å². The summed E-state index contributed by atoms with van der Waals surface area (Å²) >= 11 is 0. The molecule has 2 heterocycles. The number of fused-ring (bicyclic) bond motifs is 1. The van der Waals surface area contributed by atoms with Crippen molar-refractivity contribution in [1.82, 2.24) is 15.1 Å². The van der Waals surface area contributed by atoms with E-state index in [-0.39, 0.29) is 24.8 Å². The molecule has 0 atom stereocenters. The summed E-state index contributed by atoms with van der Waals surface area (Å²) in [6.45, 7) is 1.71. The van der Waals surface area contributed by atoms with Crippen LogP contribution < -0.4 is 15.5 Å². The molecule has 3 rings (SSSR count). The summed E-state index contributed by atoms with van der Waals surface area (Å²) in [7, 11) is 1.74. The van der Waals surface area contributed by atoms with Gasteiger partial charge in [-0.3, -0.25) is 24.5 Å². The summed E-state index contributed by atoms with van der Waals surface area (Å²) < 4.78 is 1.61. The van der Waals surface area contributed by atoms with Crippen molar-refractivity contribution < 1.29 is 14.4 Å². The molecule has 0 saturated carbocycles. The van der Waals surface area contributed by atoms with Gasteiger partial charge < -0.3 is 5.32 Å². The molecule has 22 heavy (non-hydrogen) atoms. The summed E-state index contributed by atoms with van der Waals surface area (Å²) in [6, 6.07) is 4.90. The van der Waals surface area contributed by atoms with Gasteiger partial charge >= 0.3 is 6.03 Å². The average Bonchev–Trinajstić information content (AvgIpc) is 2.76. The molecule has 0 unspecified atom stereocenters. The van der Waals surface area contributed by atoms with Crippen LogP contribution in [0.25, 0.3) is 10.9 Å². The van der Waals surface area contributed by atoms with Gasteiger partial charge in [0.15, 0.2) is 5.82 Å². The number of carbonyl (C=O) groups is 3. The Morgan fingerprint density at radius 2 is 2.14 bits per heavy atom. The molecule has 0 aliphatic carbocycles. The van der Waals surface area contributed by atoms with Crippen molar-refractivity contribution >= 4 is 40.3 Å². The van der Waals surface area contributed by atoms with E-state index in [4.69, 9.17) is 0 Å². The van der Waals surface area contributed by atoms with Crippen molar-refractivity contribution in [2.45, 2.75) is 13.3 Å². The van der Waals surface area contributed by atoms with Crippen LogP contribution in [0.2, 0.25) is 0 Å². The van der Waals surface area contributed by atoms with Crippen LogP contribution in [-0.4, -0.2) is 34.2 Å². The van der Waals surface area contributed by atoms with E-state index < -0.39 is 6.03 Å². The Kier molecular flexibility index (Phi) is 3.28. The number of para-hydroxylation sites is 1. The first-order valence-corrected chi connectivity index (χ1v) is 6.82. The van der Waals surface area contributed by atoms with Gasteiger partial charge in [0.05, 0.1) is 11.2 Å². The number of urea groups is 1. The monoisotopic (exact) mass is 301 g/mol. The molecule has 1 aromatic heterocycles. The minimum Gasteiger partial charge on any atom is -0.324 e. The first-order valence-electron chi connectivity index (χ1n) is 6.82. The van der Waals surface area contributed by atoms with Gasteiger partial charge in [-0.1, -0.05) is 6.07 Å². The molecule has 8 nitrogen and oxygen atoms in total. The lowest BCUT2D eigenvalue weighted by Crippen LogP contribution is -2.49. The third kappa shape index (κ3) is 2.28. The number of hydrogen-bond donors (Lipinski definition) is 2. The number of nitrogens with zero attached hydrogens (tertiary/aromatic N) is 3. The van der Waals surface area contributed by atoms with Gasteiger partial charge in [-0.2, -0.15) is 5.10 Å². The third-order valence-corrected chi connectivity index (χ3v) is 3.47. The molecule has 114 valence electrons. The number of aryl methyl sites for hydroxylation is 1. The molecule has 1 aromatic carbocycles. The minimum absolute atomic E-state index is 0.184. The summed E-state index contributed by atoms with van der Waals surface area (Å²) in [5.74, 6) is -0.00770. The highest BCUT2D eigenvalue weighted by molar-refractivity contribution is 6.11. The van der Waals surface area contributed by atoms with Crippen LogP contribution in [0.15, 0.2) is 18.2 Å². The van der Waals surface area contributed by atoms with Crippen molar-refractivity contribution in [2.75, 3.05) is 16.8 Å². The molecule has 2 aromatic rings. The minimum atomic E-state index is -0.485. The number of carbonyl (C=O) groups excluding carboxylic acids is 3. The zero-order valence-electron chi connectivity index (χ0n) is 12.2. The van der Waals surface area contributed by atoms with Gasteiger partial charge in [-0.15, -0.1) is 0 Å². The standard InChI is InChI=1S/C14H15N5O3/c1-8(20)15-10-5-3-4-9-12(10)18(2)17-13(9)19-7-6-11(21)16-14(19)22/h3-5H,6-7H2,1-2H3,(H,15,20)(H,16,21,22). The largest absolute Gasteiger partial charge is 0.329 e. The number of hydrogen-bond acceptors (Lipinski definition) is 4. The molecular weight excluding hydrogens is 286 g/mol. The average molecular weight is 301 g/mol. The number of anilines is 2. The number of aromatic nitrogens is 2. The third-order valence-electron chi connectivity index (χ3n) is 3.47. The second kappa shape index (κ2) is 5.14. The summed E-state index contributed by atoms with van der Waals surface area (Å²) in [4.78, 5) is 36.0. The quantitative estimate of drug-likeness (QED) is 0.864.